The van der Waals surface area contributed by atoms with Gasteiger partial charge in [-0.1, -0.05) is 0 Å². The lowest BCUT2D eigenvalue weighted by atomic mass is 10.0. The van der Waals surface area contributed by atoms with E-state index in [-0.39, 0.29) is 17.2 Å². The summed E-state index contributed by atoms with van der Waals surface area (Å²) in [6.07, 6.45) is 2.19. The zero-order valence-electron chi connectivity index (χ0n) is 17.2. The van der Waals surface area contributed by atoms with E-state index in [0.29, 0.717) is 11.7 Å². The van der Waals surface area contributed by atoms with Crippen LogP contribution in [0.4, 0.5) is 17.1 Å². The Labute approximate surface area is 167 Å². The molecule has 8 nitrogen and oxygen atoms in total. The summed E-state index contributed by atoms with van der Waals surface area (Å²) in [4.78, 5) is 18.4. The number of nitrogens with zero attached hydrogens (tertiary/aromatic N) is 4. The average Bonchev–Trinajstić information content (AvgIpc) is 2.66. The molecule has 0 atom stereocenters. The van der Waals surface area contributed by atoms with E-state index in [1.807, 2.05) is 6.07 Å². The summed E-state index contributed by atoms with van der Waals surface area (Å²) in [7, 11) is 2.17. The van der Waals surface area contributed by atoms with Crippen LogP contribution in [0, 0.1) is 10.1 Å². The highest BCUT2D eigenvalue weighted by atomic mass is 16.6. The van der Waals surface area contributed by atoms with Gasteiger partial charge in [0.25, 0.3) is 5.69 Å². The molecule has 156 valence electrons. The summed E-state index contributed by atoms with van der Waals surface area (Å²) < 4.78 is 0. The lowest BCUT2D eigenvalue weighted by Crippen LogP contribution is -2.52. The predicted octanol–water partition coefficient (Wildman–Crippen LogP) is 1.99. The second-order valence-corrected chi connectivity index (χ2v) is 8.68. The number of nitro benzene ring substituents is 1. The summed E-state index contributed by atoms with van der Waals surface area (Å²) in [5, 5.41) is 24.4. The van der Waals surface area contributed by atoms with Crippen LogP contribution >= 0.6 is 0 Å². The molecule has 0 unspecified atom stereocenters. The predicted molar refractivity (Wildman–Crippen MR) is 112 cm³/mol. The zero-order chi connectivity index (χ0) is 20.3. The van der Waals surface area contributed by atoms with Gasteiger partial charge in [-0.2, -0.15) is 0 Å². The van der Waals surface area contributed by atoms with Crippen molar-refractivity contribution in [3.05, 3.63) is 28.3 Å². The molecule has 0 amide bonds. The van der Waals surface area contributed by atoms with Gasteiger partial charge in [-0.3, -0.25) is 15.0 Å². The maximum Gasteiger partial charge on any atom is 0.294 e. The fraction of sp³-hybridized carbons (Fsp3) is 0.700. The van der Waals surface area contributed by atoms with Crippen molar-refractivity contribution in [1.82, 2.24) is 9.80 Å². The van der Waals surface area contributed by atoms with Gasteiger partial charge < -0.3 is 20.2 Å². The van der Waals surface area contributed by atoms with Crippen molar-refractivity contribution in [2.45, 2.75) is 38.3 Å². The van der Waals surface area contributed by atoms with Crippen LogP contribution in [0.2, 0.25) is 0 Å². The molecule has 0 aliphatic carbocycles. The lowest BCUT2D eigenvalue weighted by molar-refractivity contribution is -0.383. The van der Waals surface area contributed by atoms with E-state index >= 15 is 0 Å². The molecule has 2 aliphatic heterocycles. The Morgan fingerprint density at radius 1 is 1.18 bits per heavy atom. The van der Waals surface area contributed by atoms with Crippen LogP contribution < -0.4 is 10.2 Å². The number of rotatable bonds is 6. The molecule has 3 rings (SSSR count). The molecule has 1 aromatic carbocycles. The molecule has 28 heavy (non-hydrogen) atoms. The standard InChI is InChI=1S/C20H33N5O3/c1-20(2,26)15-21-18-5-4-17(14-19(18)25(27)28)23-8-6-16(7-9-23)24-12-10-22(3)11-13-24/h4-5,14,16,21,26H,6-13,15H2,1-3H3. The molecular weight excluding hydrogens is 358 g/mol. The Bertz CT molecular complexity index is 675. The summed E-state index contributed by atoms with van der Waals surface area (Å²) >= 11 is 0. The second-order valence-electron chi connectivity index (χ2n) is 8.68. The summed E-state index contributed by atoms with van der Waals surface area (Å²) in [5.41, 5.74) is 0.473. The van der Waals surface area contributed by atoms with Gasteiger partial charge in [-0.05, 0) is 45.9 Å². The largest absolute Gasteiger partial charge is 0.389 e. The minimum absolute atomic E-state index is 0.0583. The topological polar surface area (TPSA) is 85.1 Å². The van der Waals surface area contributed by atoms with Gasteiger partial charge in [0.15, 0.2) is 0 Å². The number of nitrogens with one attached hydrogen (secondary N) is 1. The van der Waals surface area contributed by atoms with Crippen molar-refractivity contribution >= 4 is 17.1 Å². The molecule has 1 aromatic rings. The van der Waals surface area contributed by atoms with Gasteiger partial charge in [0.2, 0.25) is 0 Å². The summed E-state index contributed by atoms with van der Waals surface area (Å²) in [6.45, 7) is 9.97. The van der Waals surface area contributed by atoms with E-state index < -0.39 is 5.60 Å². The van der Waals surface area contributed by atoms with E-state index in [2.05, 4.69) is 27.1 Å². The van der Waals surface area contributed by atoms with E-state index in [9.17, 15) is 15.2 Å². The van der Waals surface area contributed by atoms with Gasteiger partial charge in [0.1, 0.15) is 5.69 Å². The Morgan fingerprint density at radius 2 is 1.82 bits per heavy atom. The van der Waals surface area contributed by atoms with Crippen molar-refractivity contribution in [3.63, 3.8) is 0 Å². The first-order valence-electron chi connectivity index (χ1n) is 10.2. The van der Waals surface area contributed by atoms with Crippen LogP contribution in [0.25, 0.3) is 0 Å². The molecule has 2 aliphatic rings. The van der Waals surface area contributed by atoms with Crippen molar-refractivity contribution in [2.24, 2.45) is 0 Å². The third-order valence-corrected chi connectivity index (χ3v) is 5.77. The number of piperazine rings is 1. The smallest absolute Gasteiger partial charge is 0.294 e. The van der Waals surface area contributed by atoms with Crippen molar-refractivity contribution in [1.29, 1.82) is 0 Å². The van der Waals surface area contributed by atoms with Crippen molar-refractivity contribution in [2.75, 3.05) is 63.1 Å². The molecule has 0 radical (unpaired) electrons. The van der Waals surface area contributed by atoms with Crippen LogP contribution in [-0.4, -0.2) is 84.3 Å². The Hall–Kier alpha value is -1.90. The highest BCUT2D eigenvalue weighted by Gasteiger charge is 2.28. The number of piperidine rings is 1. The Balaban J connectivity index is 1.62. The van der Waals surface area contributed by atoms with Gasteiger partial charge in [-0.25, -0.2) is 0 Å². The van der Waals surface area contributed by atoms with E-state index in [0.717, 1.165) is 57.8 Å². The van der Waals surface area contributed by atoms with Gasteiger partial charge in [0, 0.05) is 63.6 Å². The number of benzene rings is 1. The minimum Gasteiger partial charge on any atom is -0.389 e. The van der Waals surface area contributed by atoms with Crippen LogP contribution in [0.1, 0.15) is 26.7 Å². The van der Waals surface area contributed by atoms with Crippen molar-refractivity contribution in [3.8, 4) is 0 Å². The van der Waals surface area contributed by atoms with Crippen LogP contribution in [0.5, 0.6) is 0 Å². The first kappa shape index (κ1) is 20.8. The number of hydrogen-bond acceptors (Lipinski definition) is 7. The molecule has 0 bridgehead atoms. The normalized spacial score (nSPS) is 20.4. The van der Waals surface area contributed by atoms with E-state index in [1.165, 1.54) is 0 Å². The Morgan fingerprint density at radius 3 is 2.39 bits per heavy atom. The number of likely N-dealkylation sites (N-methyl/N-ethyl adjacent to an activating group) is 1. The minimum atomic E-state index is -0.933. The molecule has 2 saturated heterocycles. The molecular formula is C20H33N5O3. The maximum atomic E-state index is 11.5. The van der Waals surface area contributed by atoms with Gasteiger partial charge in [0.05, 0.1) is 10.5 Å². The average molecular weight is 392 g/mol. The summed E-state index contributed by atoms with van der Waals surface area (Å²) in [6, 6.07) is 5.97. The summed E-state index contributed by atoms with van der Waals surface area (Å²) in [5.74, 6) is 0. The molecule has 2 N–H and O–H groups in total. The fourth-order valence-corrected chi connectivity index (χ4v) is 4.01. The molecule has 2 fully saturated rings. The van der Waals surface area contributed by atoms with Crippen LogP contribution in [0.3, 0.4) is 0 Å². The number of aliphatic hydroxyl groups is 1. The molecule has 2 heterocycles. The molecule has 0 spiro atoms. The SMILES string of the molecule is CN1CCN(C2CCN(c3ccc(NCC(C)(C)O)c([N+](=O)[O-])c3)CC2)CC1. The third kappa shape index (κ3) is 5.33. The molecule has 0 aromatic heterocycles. The van der Waals surface area contributed by atoms with E-state index in [1.54, 1.807) is 26.0 Å². The third-order valence-electron chi connectivity index (χ3n) is 5.77. The van der Waals surface area contributed by atoms with Gasteiger partial charge >= 0.3 is 0 Å². The molecule has 0 saturated carbocycles. The van der Waals surface area contributed by atoms with Crippen LogP contribution in [0.15, 0.2) is 18.2 Å². The van der Waals surface area contributed by atoms with E-state index in [4.69, 9.17) is 0 Å². The van der Waals surface area contributed by atoms with Gasteiger partial charge in [-0.15, -0.1) is 0 Å². The molecule has 8 heteroatoms. The highest BCUT2D eigenvalue weighted by molar-refractivity contribution is 5.68. The first-order chi connectivity index (χ1) is 13.2. The fourth-order valence-electron chi connectivity index (χ4n) is 4.01. The Kier molecular flexibility index (Phi) is 6.42. The van der Waals surface area contributed by atoms with Crippen LogP contribution in [-0.2, 0) is 0 Å². The van der Waals surface area contributed by atoms with Crippen molar-refractivity contribution < 1.29 is 10.0 Å². The quantitative estimate of drug-likeness (QED) is 0.567. The number of hydrogen-bond donors (Lipinski definition) is 2. The number of nitro groups is 1. The lowest BCUT2D eigenvalue weighted by Gasteiger charge is -2.42. The maximum absolute atomic E-state index is 11.5. The first-order valence-corrected chi connectivity index (χ1v) is 10.2. The zero-order valence-corrected chi connectivity index (χ0v) is 17.2. The second kappa shape index (κ2) is 8.63. The highest BCUT2D eigenvalue weighted by Crippen LogP contribution is 2.32. The monoisotopic (exact) mass is 391 g/mol. The number of anilines is 2.